The van der Waals surface area contributed by atoms with Crippen LogP contribution in [0.15, 0.2) is 18.2 Å². The van der Waals surface area contributed by atoms with Crippen molar-refractivity contribution in [2.24, 2.45) is 5.92 Å². The molecular weight excluding hydrogens is 322 g/mol. The van der Waals surface area contributed by atoms with Gasteiger partial charge in [-0.1, -0.05) is 25.3 Å². The molecule has 6 nitrogen and oxygen atoms in total. The Kier molecular flexibility index (Phi) is 7.10. The molecule has 1 amide bonds. The third-order valence-corrected chi connectivity index (χ3v) is 4.57. The van der Waals surface area contributed by atoms with Gasteiger partial charge in [0.05, 0.1) is 14.2 Å². The number of benzene rings is 1. The summed E-state index contributed by atoms with van der Waals surface area (Å²) in [6.07, 6.45) is 5.15. The summed E-state index contributed by atoms with van der Waals surface area (Å²) in [6.45, 7) is 2.21. The molecule has 138 valence electrons. The van der Waals surface area contributed by atoms with Crippen molar-refractivity contribution in [3.8, 4) is 11.5 Å². The quantitative estimate of drug-likeness (QED) is 0.766. The molecule has 0 radical (unpaired) electrons. The maximum atomic E-state index is 12.4. The van der Waals surface area contributed by atoms with E-state index in [4.69, 9.17) is 14.2 Å². The Morgan fingerprint density at radius 1 is 1.16 bits per heavy atom. The van der Waals surface area contributed by atoms with E-state index in [2.05, 4.69) is 5.32 Å². The van der Waals surface area contributed by atoms with Crippen molar-refractivity contribution < 1.29 is 23.8 Å². The number of ether oxygens (including phenoxy) is 3. The number of para-hydroxylation sites is 1. The number of amides is 1. The number of nitrogens with one attached hydrogen (secondary N) is 1. The molecule has 1 saturated carbocycles. The zero-order valence-electron chi connectivity index (χ0n) is 15.2. The fourth-order valence-electron chi connectivity index (χ4n) is 3.11. The Hall–Kier alpha value is -2.24. The third-order valence-electron chi connectivity index (χ3n) is 4.57. The molecule has 1 aromatic carbocycles. The molecule has 1 N–H and O–H groups in total. The molecule has 2 rings (SSSR count). The maximum Gasteiger partial charge on any atom is 0.342 e. The first-order valence-corrected chi connectivity index (χ1v) is 8.76. The average Bonchev–Trinajstić information content (AvgIpc) is 2.65. The van der Waals surface area contributed by atoms with E-state index in [1.54, 1.807) is 25.1 Å². The van der Waals surface area contributed by atoms with E-state index < -0.39 is 12.1 Å². The second-order valence-corrected chi connectivity index (χ2v) is 6.34. The number of esters is 1. The molecule has 0 aliphatic heterocycles. The van der Waals surface area contributed by atoms with Gasteiger partial charge in [0.25, 0.3) is 5.91 Å². The largest absolute Gasteiger partial charge is 0.493 e. The van der Waals surface area contributed by atoms with Crippen LogP contribution in [0.4, 0.5) is 0 Å². The van der Waals surface area contributed by atoms with Crippen molar-refractivity contribution in [1.29, 1.82) is 0 Å². The third kappa shape index (κ3) is 5.11. The second kappa shape index (κ2) is 9.30. The van der Waals surface area contributed by atoms with Crippen molar-refractivity contribution in [3.05, 3.63) is 23.8 Å². The zero-order chi connectivity index (χ0) is 18.2. The number of hydrogen-bond donors (Lipinski definition) is 1. The molecule has 1 aliphatic rings. The summed E-state index contributed by atoms with van der Waals surface area (Å²) in [4.78, 5) is 24.6. The average molecular weight is 349 g/mol. The van der Waals surface area contributed by atoms with Crippen molar-refractivity contribution in [2.45, 2.75) is 45.1 Å². The van der Waals surface area contributed by atoms with Crippen LogP contribution in [0, 0.1) is 5.92 Å². The molecule has 0 saturated heterocycles. The number of carbonyl (C=O) groups excluding carboxylic acids is 2. The summed E-state index contributed by atoms with van der Waals surface area (Å²) in [7, 11) is 2.95. The monoisotopic (exact) mass is 349 g/mol. The van der Waals surface area contributed by atoms with Crippen molar-refractivity contribution in [2.75, 3.05) is 20.8 Å². The number of rotatable bonds is 7. The maximum absolute atomic E-state index is 12.4. The molecule has 0 unspecified atom stereocenters. The predicted octanol–water partition coefficient (Wildman–Crippen LogP) is 2.95. The van der Waals surface area contributed by atoms with Gasteiger partial charge in [0.15, 0.2) is 17.6 Å². The highest BCUT2D eigenvalue weighted by atomic mass is 16.6. The van der Waals surface area contributed by atoms with Gasteiger partial charge in [0.1, 0.15) is 5.56 Å². The molecule has 1 fully saturated rings. The number of hydrogen-bond acceptors (Lipinski definition) is 5. The topological polar surface area (TPSA) is 73.9 Å². The minimum atomic E-state index is -0.869. The van der Waals surface area contributed by atoms with Crippen molar-refractivity contribution >= 4 is 11.9 Å². The van der Waals surface area contributed by atoms with Gasteiger partial charge in [0, 0.05) is 6.54 Å². The van der Waals surface area contributed by atoms with Gasteiger partial charge in [-0.05, 0) is 37.8 Å². The lowest BCUT2D eigenvalue weighted by Crippen LogP contribution is -2.38. The normalized spacial score (nSPS) is 16.0. The van der Waals surface area contributed by atoms with Crippen LogP contribution in [0.5, 0.6) is 11.5 Å². The molecule has 25 heavy (non-hydrogen) atoms. The van der Waals surface area contributed by atoms with E-state index in [1.807, 2.05) is 0 Å². The fourth-order valence-corrected chi connectivity index (χ4v) is 3.11. The van der Waals surface area contributed by atoms with Crippen LogP contribution in [0.25, 0.3) is 0 Å². The number of methoxy groups -OCH3 is 2. The Morgan fingerprint density at radius 2 is 1.88 bits per heavy atom. The van der Waals surface area contributed by atoms with Gasteiger partial charge < -0.3 is 19.5 Å². The summed E-state index contributed by atoms with van der Waals surface area (Å²) in [5.74, 6) is 0.368. The Bertz CT molecular complexity index is 595. The Balaban J connectivity index is 1.91. The molecule has 0 bridgehead atoms. The first kappa shape index (κ1) is 19.1. The summed E-state index contributed by atoms with van der Waals surface area (Å²) in [5, 5.41) is 2.89. The molecular formula is C19H27NO5. The molecule has 0 aromatic heterocycles. The lowest BCUT2D eigenvalue weighted by atomic mass is 9.89. The first-order valence-electron chi connectivity index (χ1n) is 8.76. The van der Waals surface area contributed by atoms with Gasteiger partial charge in [-0.25, -0.2) is 4.79 Å². The van der Waals surface area contributed by atoms with Gasteiger partial charge >= 0.3 is 5.97 Å². The Labute approximate surface area is 148 Å². The van der Waals surface area contributed by atoms with Gasteiger partial charge in [-0.15, -0.1) is 0 Å². The van der Waals surface area contributed by atoms with Gasteiger partial charge in [-0.3, -0.25) is 4.79 Å². The van der Waals surface area contributed by atoms with Crippen molar-refractivity contribution in [3.63, 3.8) is 0 Å². The van der Waals surface area contributed by atoms with Gasteiger partial charge in [-0.2, -0.15) is 0 Å². The standard InChI is InChI=1S/C19H27NO5/c1-13(18(21)20-12-14-8-5-4-6-9-14)25-19(22)15-10-7-11-16(23-2)17(15)24-3/h7,10-11,13-14H,4-6,8-9,12H2,1-3H3,(H,20,21)/t13-/m0/s1. The van der Waals surface area contributed by atoms with Crippen molar-refractivity contribution in [1.82, 2.24) is 5.32 Å². The highest BCUT2D eigenvalue weighted by molar-refractivity contribution is 5.95. The zero-order valence-corrected chi connectivity index (χ0v) is 15.2. The van der Waals surface area contributed by atoms with E-state index in [0.717, 1.165) is 12.8 Å². The van der Waals surface area contributed by atoms with E-state index in [-0.39, 0.29) is 11.5 Å². The summed E-state index contributed by atoms with van der Waals surface area (Å²) >= 11 is 0. The lowest BCUT2D eigenvalue weighted by molar-refractivity contribution is -0.129. The minimum Gasteiger partial charge on any atom is -0.493 e. The summed E-state index contributed by atoms with van der Waals surface area (Å²) < 4.78 is 15.7. The first-order chi connectivity index (χ1) is 12.1. The summed E-state index contributed by atoms with van der Waals surface area (Å²) in [6, 6.07) is 4.94. The fraction of sp³-hybridized carbons (Fsp3) is 0.579. The van der Waals surface area contributed by atoms with E-state index in [1.165, 1.54) is 33.5 Å². The van der Waals surface area contributed by atoms with Crippen LogP contribution in [0.3, 0.4) is 0 Å². The molecule has 1 atom stereocenters. The number of carbonyl (C=O) groups is 2. The minimum absolute atomic E-state index is 0.230. The highest BCUT2D eigenvalue weighted by Gasteiger charge is 2.23. The lowest BCUT2D eigenvalue weighted by Gasteiger charge is -2.22. The van der Waals surface area contributed by atoms with Crippen LogP contribution >= 0.6 is 0 Å². The van der Waals surface area contributed by atoms with E-state index >= 15 is 0 Å². The van der Waals surface area contributed by atoms with E-state index in [0.29, 0.717) is 24.0 Å². The SMILES string of the molecule is COc1cccc(C(=O)O[C@@H](C)C(=O)NCC2CCCCC2)c1OC. The van der Waals surface area contributed by atoms with Crippen LogP contribution in [0.1, 0.15) is 49.4 Å². The van der Waals surface area contributed by atoms with Crippen LogP contribution in [-0.4, -0.2) is 38.7 Å². The molecule has 1 aliphatic carbocycles. The predicted molar refractivity (Wildman–Crippen MR) is 94.0 cm³/mol. The summed E-state index contributed by atoms with van der Waals surface area (Å²) in [5.41, 5.74) is 0.230. The highest BCUT2D eigenvalue weighted by Crippen LogP contribution is 2.31. The van der Waals surface area contributed by atoms with Crippen LogP contribution in [-0.2, 0) is 9.53 Å². The molecule has 6 heteroatoms. The second-order valence-electron chi connectivity index (χ2n) is 6.34. The van der Waals surface area contributed by atoms with Crippen LogP contribution < -0.4 is 14.8 Å². The smallest absolute Gasteiger partial charge is 0.342 e. The van der Waals surface area contributed by atoms with E-state index in [9.17, 15) is 9.59 Å². The molecule has 1 aromatic rings. The molecule has 0 spiro atoms. The molecule has 0 heterocycles. The van der Waals surface area contributed by atoms with Crippen LogP contribution in [0.2, 0.25) is 0 Å². The Morgan fingerprint density at radius 3 is 2.52 bits per heavy atom. The van der Waals surface area contributed by atoms with Gasteiger partial charge in [0.2, 0.25) is 0 Å².